The van der Waals surface area contributed by atoms with Gasteiger partial charge in [-0.1, -0.05) is 6.07 Å². The second kappa shape index (κ2) is 4.97. The molecule has 1 N–H and O–H groups in total. The molecular formula is C12H7BrF4O2. The van der Waals surface area contributed by atoms with Crippen LogP contribution in [0, 0.1) is 5.82 Å². The Hall–Kier alpha value is -1.34. The molecule has 0 aliphatic carbocycles. The molecule has 0 radical (unpaired) electrons. The van der Waals surface area contributed by atoms with Crippen LogP contribution < -0.4 is 0 Å². The summed E-state index contributed by atoms with van der Waals surface area (Å²) in [5.41, 5.74) is -1.22. The highest BCUT2D eigenvalue weighted by Gasteiger charge is 2.34. The van der Waals surface area contributed by atoms with Crippen LogP contribution in [0.3, 0.4) is 0 Å². The third-order valence-electron chi connectivity index (χ3n) is 2.55. The van der Waals surface area contributed by atoms with Gasteiger partial charge < -0.3 is 9.52 Å². The summed E-state index contributed by atoms with van der Waals surface area (Å²) in [6, 6.07) is 3.76. The molecule has 2 aromatic rings. The average Bonchev–Trinajstić information content (AvgIpc) is 2.73. The zero-order chi connectivity index (χ0) is 14.2. The van der Waals surface area contributed by atoms with E-state index in [1.807, 2.05) is 0 Å². The van der Waals surface area contributed by atoms with Gasteiger partial charge in [-0.05, 0) is 39.7 Å². The molecule has 0 aliphatic rings. The quantitative estimate of drug-likeness (QED) is 0.829. The first kappa shape index (κ1) is 14.1. The maximum absolute atomic E-state index is 13.1. The smallest absolute Gasteiger partial charge is 0.419 e. The standard InChI is InChI=1S/C12H7BrF4O2/c13-11-7(3-4-19-11)10(18)6-1-2-9(14)8(5-6)12(15,16)17/h1-5,10,18H. The Kier molecular flexibility index (Phi) is 3.69. The van der Waals surface area contributed by atoms with Gasteiger partial charge in [-0.2, -0.15) is 13.2 Å². The number of hydrogen-bond donors (Lipinski definition) is 1. The van der Waals surface area contributed by atoms with Crippen LogP contribution in [-0.4, -0.2) is 5.11 Å². The number of halogens is 5. The Balaban J connectivity index is 2.44. The first-order valence-corrected chi connectivity index (χ1v) is 5.87. The topological polar surface area (TPSA) is 33.4 Å². The minimum Gasteiger partial charge on any atom is -0.457 e. The van der Waals surface area contributed by atoms with E-state index < -0.39 is 23.7 Å². The zero-order valence-electron chi connectivity index (χ0n) is 9.21. The SMILES string of the molecule is OC(c1ccc(F)c(C(F)(F)F)c1)c1ccoc1Br. The number of aliphatic hydroxyl groups is 1. The first-order valence-electron chi connectivity index (χ1n) is 5.08. The lowest BCUT2D eigenvalue weighted by Crippen LogP contribution is -2.10. The highest BCUT2D eigenvalue weighted by atomic mass is 79.9. The summed E-state index contributed by atoms with van der Waals surface area (Å²) in [7, 11) is 0. The summed E-state index contributed by atoms with van der Waals surface area (Å²) in [5, 5.41) is 9.96. The Labute approximate surface area is 113 Å². The highest BCUT2D eigenvalue weighted by Crippen LogP contribution is 2.35. The minimum absolute atomic E-state index is 0.0733. The Morgan fingerprint density at radius 2 is 1.89 bits per heavy atom. The van der Waals surface area contributed by atoms with E-state index in [1.54, 1.807) is 0 Å². The molecule has 1 unspecified atom stereocenters. The van der Waals surface area contributed by atoms with Gasteiger partial charge in [0.1, 0.15) is 11.9 Å². The second-order valence-corrected chi connectivity index (χ2v) is 4.51. The molecule has 19 heavy (non-hydrogen) atoms. The van der Waals surface area contributed by atoms with Crippen LogP contribution in [-0.2, 0) is 6.18 Å². The molecule has 1 aromatic heterocycles. The number of alkyl halides is 3. The summed E-state index contributed by atoms with van der Waals surface area (Å²) in [6.45, 7) is 0. The lowest BCUT2D eigenvalue weighted by Gasteiger charge is -2.13. The largest absolute Gasteiger partial charge is 0.457 e. The fourth-order valence-corrected chi connectivity index (χ4v) is 2.07. The van der Waals surface area contributed by atoms with Crippen molar-refractivity contribution in [2.24, 2.45) is 0 Å². The van der Waals surface area contributed by atoms with Gasteiger partial charge in [0.25, 0.3) is 0 Å². The zero-order valence-corrected chi connectivity index (χ0v) is 10.8. The van der Waals surface area contributed by atoms with E-state index in [0.717, 1.165) is 6.07 Å². The molecule has 7 heteroatoms. The molecule has 0 bridgehead atoms. The van der Waals surface area contributed by atoms with Crippen LogP contribution in [0.1, 0.15) is 22.8 Å². The predicted octanol–water partition coefficient (Wildman–Crippen LogP) is 4.28. The van der Waals surface area contributed by atoms with Gasteiger partial charge in [0.2, 0.25) is 0 Å². The maximum atomic E-state index is 13.1. The van der Waals surface area contributed by atoms with Crippen LogP contribution >= 0.6 is 15.9 Å². The van der Waals surface area contributed by atoms with Crippen molar-refractivity contribution >= 4 is 15.9 Å². The van der Waals surface area contributed by atoms with Crippen LogP contribution in [0.4, 0.5) is 17.6 Å². The van der Waals surface area contributed by atoms with E-state index in [1.165, 1.54) is 12.3 Å². The van der Waals surface area contributed by atoms with Gasteiger partial charge in [-0.3, -0.25) is 0 Å². The van der Waals surface area contributed by atoms with Crippen molar-refractivity contribution in [3.05, 3.63) is 57.7 Å². The Bertz CT molecular complexity index is 592. The second-order valence-electron chi connectivity index (χ2n) is 3.79. The monoisotopic (exact) mass is 338 g/mol. The summed E-state index contributed by atoms with van der Waals surface area (Å²) in [6.07, 6.45) is -4.88. The van der Waals surface area contributed by atoms with Gasteiger partial charge in [-0.15, -0.1) is 0 Å². The van der Waals surface area contributed by atoms with Gasteiger partial charge in [0.15, 0.2) is 4.67 Å². The number of aliphatic hydroxyl groups excluding tert-OH is 1. The Morgan fingerprint density at radius 1 is 1.21 bits per heavy atom. The lowest BCUT2D eigenvalue weighted by atomic mass is 10.0. The van der Waals surface area contributed by atoms with Crippen molar-refractivity contribution < 1.29 is 27.1 Å². The molecule has 0 aliphatic heterocycles. The molecule has 1 aromatic carbocycles. The van der Waals surface area contributed by atoms with Crippen molar-refractivity contribution in [2.45, 2.75) is 12.3 Å². The molecule has 0 fully saturated rings. The molecule has 2 rings (SSSR count). The van der Waals surface area contributed by atoms with Crippen LogP contribution in [0.5, 0.6) is 0 Å². The van der Waals surface area contributed by atoms with Crippen molar-refractivity contribution in [2.75, 3.05) is 0 Å². The van der Waals surface area contributed by atoms with Crippen molar-refractivity contribution in [1.82, 2.24) is 0 Å². The van der Waals surface area contributed by atoms with E-state index in [9.17, 15) is 22.7 Å². The molecule has 102 valence electrons. The number of furan rings is 1. The summed E-state index contributed by atoms with van der Waals surface area (Å²) < 4.78 is 55.9. The van der Waals surface area contributed by atoms with Gasteiger partial charge in [0.05, 0.1) is 11.8 Å². The van der Waals surface area contributed by atoms with Crippen LogP contribution in [0.15, 0.2) is 39.6 Å². The Morgan fingerprint density at radius 3 is 2.42 bits per heavy atom. The van der Waals surface area contributed by atoms with Crippen LogP contribution in [0.2, 0.25) is 0 Å². The highest BCUT2D eigenvalue weighted by molar-refractivity contribution is 9.10. The number of hydrogen-bond acceptors (Lipinski definition) is 2. The van der Waals surface area contributed by atoms with Crippen molar-refractivity contribution in [1.29, 1.82) is 0 Å². The number of rotatable bonds is 2. The fourth-order valence-electron chi connectivity index (χ4n) is 1.61. The average molecular weight is 339 g/mol. The maximum Gasteiger partial charge on any atom is 0.419 e. The molecule has 1 atom stereocenters. The fraction of sp³-hybridized carbons (Fsp3) is 0.167. The third-order valence-corrected chi connectivity index (χ3v) is 3.20. The van der Waals surface area contributed by atoms with Gasteiger partial charge in [-0.25, -0.2) is 4.39 Å². The molecule has 0 spiro atoms. The molecule has 2 nitrogen and oxygen atoms in total. The lowest BCUT2D eigenvalue weighted by molar-refractivity contribution is -0.140. The van der Waals surface area contributed by atoms with E-state index in [4.69, 9.17) is 4.42 Å². The van der Waals surface area contributed by atoms with Crippen molar-refractivity contribution in [3.8, 4) is 0 Å². The molecule has 0 amide bonds. The summed E-state index contributed by atoms with van der Waals surface area (Å²) in [5.74, 6) is -1.38. The molecular weight excluding hydrogens is 332 g/mol. The normalized spacial score (nSPS) is 13.6. The molecule has 0 saturated carbocycles. The minimum atomic E-state index is -4.81. The molecule has 1 heterocycles. The molecule has 0 saturated heterocycles. The summed E-state index contributed by atoms with van der Waals surface area (Å²) in [4.78, 5) is 0. The number of benzene rings is 1. The third kappa shape index (κ3) is 2.82. The van der Waals surface area contributed by atoms with E-state index >= 15 is 0 Å². The van der Waals surface area contributed by atoms with E-state index in [2.05, 4.69) is 15.9 Å². The van der Waals surface area contributed by atoms with E-state index in [-0.39, 0.29) is 15.8 Å². The first-order chi connectivity index (χ1) is 8.80. The van der Waals surface area contributed by atoms with Crippen molar-refractivity contribution in [3.63, 3.8) is 0 Å². The summed E-state index contributed by atoms with van der Waals surface area (Å²) >= 11 is 3.01. The van der Waals surface area contributed by atoms with Gasteiger partial charge in [0, 0.05) is 5.56 Å². The predicted molar refractivity (Wildman–Crippen MR) is 61.9 cm³/mol. The van der Waals surface area contributed by atoms with Gasteiger partial charge >= 0.3 is 6.18 Å². The van der Waals surface area contributed by atoms with E-state index in [0.29, 0.717) is 12.1 Å². The van der Waals surface area contributed by atoms with Crippen LogP contribution in [0.25, 0.3) is 0 Å².